The standard InChI is InChI=1S/C17H23N7O/c1-11(2)13-6-15(23-22-13)20-16-8-18-14-7-19-24(17(14)21-16)9-12-4-3-5-25-10-12/h6-8,11-12H,3-5,9-10H2,1-2H3,(H2,20,21,22,23)/t12-/m1/s1. The van der Waals surface area contributed by atoms with Crippen molar-refractivity contribution in [3.63, 3.8) is 0 Å². The van der Waals surface area contributed by atoms with E-state index in [2.05, 4.69) is 44.4 Å². The lowest BCUT2D eigenvalue weighted by atomic mass is 10.0. The van der Waals surface area contributed by atoms with Gasteiger partial charge in [-0.05, 0) is 18.8 Å². The molecule has 3 aromatic heterocycles. The van der Waals surface area contributed by atoms with Crippen LogP contribution in [0, 0.1) is 5.92 Å². The molecule has 1 aliphatic rings. The molecule has 0 aromatic carbocycles. The molecule has 25 heavy (non-hydrogen) atoms. The molecule has 4 rings (SSSR count). The molecule has 0 unspecified atom stereocenters. The molecule has 2 N–H and O–H groups in total. The Balaban J connectivity index is 1.54. The van der Waals surface area contributed by atoms with Crippen LogP contribution in [0.1, 0.15) is 38.3 Å². The van der Waals surface area contributed by atoms with Crippen LogP contribution >= 0.6 is 0 Å². The summed E-state index contributed by atoms with van der Waals surface area (Å²) < 4.78 is 7.49. The Morgan fingerprint density at radius 3 is 3.04 bits per heavy atom. The molecule has 0 radical (unpaired) electrons. The highest BCUT2D eigenvalue weighted by Gasteiger charge is 2.17. The number of rotatable bonds is 5. The van der Waals surface area contributed by atoms with Gasteiger partial charge in [0.1, 0.15) is 5.52 Å². The molecule has 8 nitrogen and oxygen atoms in total. The van der Waals surface area contributed by atoms with Crippen molar-refractivity contribution in [1.82, 2.24) is 29.9 Å². The van der Waals surface area contributed by atoms with E-state index in [4.69, 9.17) is 4.74 Å². The van der Waals surface area contributed by atoms with E-state index in [-0.39, 0.29) is 0 Å². The van der Waals surface area contributed by atoms with E-state index in [1.165, 1.54) is 0 Å². The molecule has 1 fully saturated rings. The number of anilines is 2. The first-order valence-corrected chi connectivity index (χ1v) is 8.77. The summed E-state index contributed by atoms with van der Waals surface area (Å²) in [4.78, 5) is 9.14. The van der Waals surface area contributed by atoms with Crippen LogP contribution in [0.3, 0.4) is 0 Å². The van der Waals surface area contributed by atoms with Crippen LogP contribution in [0.15, 0.2) is 18.5 Å². The SMILES string of the molecule is CC(C)c1cc(Nc2cnc3cnn(C[C@H]4CCCOC4)c3n2)n[nH]1. The number of nitrogens with one attached hydrogen (secondary N) is 2. The predicted molar refractivity (Wildman–Crippen MR) is 94.8 cm³/mol. The predicted octanol–water partition coefficient (Wildman–Crippen LogP) is 2.84. The largest absolute Gasteiger partial charge is 0.381 e. The Labute approximate surface area is 146 Å². The Hall–Kier alpha value is -2.48. The van der Waals surface area contributed by atoms with Crippen molar-refractivity contribution in [1.29, 1.82) is 0 Å². The van der Waals surface area contributed by atoms with Crippen molar-refractivity contribution >= 4 is 22.8 Å². The van der Waals surface area contributed by atoms with Gasteiger partial charge in [-0.3, -0.25) is 5.10 Å². The third kappa shape index (κ3) is 3.48. The summed E-state index contributed by atoms with van der Waals surface area (Å²) in [5.41, 5.74) is 2.67. The van der Waals surface area contributed by atoms with Crippen LogP contribution in [-0.4, -0.2) is 43.2 Å². The van der Waals surface area contributed by atoms with Crippen molar-refractivity contribution in [3.05, 3.63) is 24.2 Å². The van der Waals surface area contributed by atoms with Crippen molar-refractivity contribution in [2.45, 2.75) is 39.2 Å². The summed E-state index contributed by atoms with van der Waals surface area (Å²) in [5.74, 6) is 2.28. The first-order valence-electron chi connectivity index (χ1n) is 8.77. The highest BCUT2D eigenvalue weighted by Crippen LogP contribution is 2.21. The summed E-state index contributed by atoms with van der Waals surface area (Å²) in [7, 11) is 0. The van der Waals surface area contributed by atoms with Gasteiger partial charge in [-0.2, -0.15) is 10.2 Å². The fraction of sp³-hybridized carbons (Fsp3) is 0.529. The van der Waals surface area contributed by atoms with Gasteiger partial charge in [0.25, 0.3) is 0 Å². The number of H-pyrrole nitrogens is 1. The van der Waals surface area contributed by atoms with Gasteiger partial charge in [-0.25, -0.2) is 14.6 Å². The Morgan fingerprint density at radius 1 is 1.36 bits per heavy atom. The molecule has 3 aromatic rings. The molecule has 8 heteroatoms. The van der Waals surface area contributed by atoms with Crippen LogP contribution in [0.4, 0.5) is 11.6 Å². The second-order valence-corrected chi connectivity index (χ2v) is 6.86. The summed E-state index contributed by atoms with van der Waals surface area (Å²) >= 11 is 0. The van der Waals surface area contributed by atoms with E-state index < -0.39 is 0 Å². The van der Waals surface area contributed by atoms with E-state index >= 15 is 0 Å². The lowest BCUT2D eigenvalue weighted by Gasteiger charge is -2.21. The second-order valence-electron chi connectivity index (χ2n) is 6.86. The maximum atomic E-state index is 5.57. The number of hydrogen-bond donors (Lipinski definition) is 2. The highest BCUT2D eigenvalue weighted by atomic mass is 16.5. The summed E-state index contributed by atoms with van der Waals surface area (Å²) in [6.07, 6.45) is 5.75. The van der Waals surface area contributed by atoms with Crippen LogP contribution in [0.5, 0.6) is 0 Å². The van der Waals surface area contributed by atoms with Crippen molar-refractivity contribution in [2.75, 3.05) is 18.5 Å². The summed E-state index contributed by atoms with van der Waals surface area (Å²) in [6, 6.07) is 1.99. The van der Waals surface area contributed by atoms with Gasteiger partial charge in [-0.1, -0.05) is 13.8 Å². The van der Waals surface area contributed by atoms with Gasteiger partial charge < -0.3 is 10.1 Å². The van der Waals surface area contributed by atoms with Gasteiger partial charge in [-0.15, -0.1) is 0 Å². The minimum atomic E-state index is 0.399. The van der Waals surface area contributed by atoms with Crippen LogP contribution in [0.2, 0.25) is 0 Å². The molecule has 1 aliphatic heterocycles. The summed E-state index contributed by atoms with van der Waals surface area (Å²) in [5, 5.41) is 15.0. The molecule has 4 heterocycles. The van der Waals surface area contributed by atoms with Gasteiger partial charge in [0, 0.05) is 30.8 Å². The van der Waals surface area contributed by atoms with E-state index in [1.807, 2.05) is 10.7 Å². The van der Waals surface area contributed by atoms with Crippen LogP contribution < -0.4 is 5.32 Å². The van der Waals surface area contributed by atoms with Crippen molar-refractivity contribution < 1.29 is 4.74 Å². The normalized spacial score (nSPS) is 18.1. The maximum Gasteiger partial charge on any atom is 0.178 e. The Bertz CT molecular complexity index is 848. The van der Waals surface area contributed by atoms with Crippen LogP contribution in [-0.2, 0) is 11.3 Å². The van der Waals surface area contributed by atoms with Gasteiger partial charge in [0.2, 0.25) is 0 Å². The fourth-order valence-electron chi connectivity index (χ4n) is 3.07. The van der Waals surface area contributed by atoms with Gasteiger partial charge >= 0.3 is 0 Å². The highest BCUT2D eigenvalue weighted by molar-refractivity contribution is 5.71. The number of ether oxygens (including phenoxy) is 1. The molecule has 0 saturated carbocycles. The van der Waals surface area contributed by atoms with Crippen LogP contribution in [0.25, 0.3) is 11.2 Å². The average molecular weight is 341 g/mol. The fourth-order valence-corrected chi connectivity index (χ4v) is 3.07. The third-order valence-corrected chi connectivity index (χ3v) is 4.51. The first kappa shape index (κ1) is 16.0. The molecule has 0 spiro atoms. The zero-order valence-corrected chi connectivity index (χ0v) is 14.6. The topological polar surface area (TPSA) is 93.5 Å². The number of aromatic nitrogens is 6. The molecule has 0 bridgehead atoms. The molecule has 0 amide bonds. The van der Waals surface area contributed by atoms with Gasteiger partial charge in [0.05, 0.1) is 19.0 Å². The molecule has 132 valence electrons. The molecule has 0 aliphatic carbocycles. The number of nitrogens with zero attached hydrogens (tertiary/aromatic N) is 5. The second kappa shape index (κ2) is 6.79. The zero-order chi connectivity index (χ0) is 17.2. The molecular formula is C17H23N7O. The molecule has 1 saturated heterocycles. The maximum absolute atomic E-state index is 5.57. The first-order chi connectivity index (χ1) is 12.2. The number of aromatic amines is 1. The van der Waals surface area contributed by atoms with E-state index in [1.54, 1.807) is 12.4 Å². The quantitative estimate of drug-likeness (QED) is 0.741. The average Bonchev–Trinajstić information content (AvgIpc) is 3.24. The Morgan fingerprint density at radius 2 is 2.28 bits per heavy atom. The number of hydrogen-bond acceptors (Lipinski definition) is 6. The Kier molecular flexibility index (Phi) is 4.35. The lowest BCUT2D eigenvalue weighted by Crippen LogP contribution is -2.22. The lowest BCUT2D eigenvalue weighted by molar-refractivity contribution is 0.0474. The summed E-state index contributed by atoms with van der Waals surface area (Å²) in [6.45, 7) is 6.71. The monoisotopic (exact) mass is 341 g/mol. The van der Waals surface area contributed by atoms with Crippen molar-refractivity contribution in [3.8, 4) is 0 Å². The number of fused-ring (bicyclic) bond motifs is 1. The molecule has 1 atom stereocenters. The van der Waals surface area contributed by atoms with E-state index in [9.17, 15) is 0 Å². The minimum absolute atomic E-state index is 0.399. The molecular weight excluding hydrogens is 318 g/mol. The minimum Gasteiger partial charge on any atom is -0.381 e. The van der Waals surface area contributed by atoms with Gasteiger partial charge in [0.15, 0.2) is 17.3 Å². The smallest absolute Gasteiger partial charge is 0.178 e. The van der Waals surface area contributed by atoms with E-state index in [0.717, 1.165) is 55.3 Å². The van der Waals surface area contributed by atoms with E-state index in [0.29, 0.717) is 17.7 Å². The third-order valence-electron chi connectivity index (χ3n) is 4.51. The van der Waals surface area contributed by atoms with Crippen molar-refractivity contribution in [2.24, 2.45) is 5.92 Å². The zero-order valence-electron chi connectivity index (χ0n) is 14.6.